The van der Waals surface area contributed by atoms with Crippen LogP contribution in [0.4, 0.5) is 5.69 Å². The minimum absolute atomic E-state index is 0.0570. The summed E-state index contributed by atoms with van der Waals surface area (Å²) in [5.74, 6) is -0.358. The fourth-order valence-corrected chi connectivity index (χ4v) is 5.59. The molecule has 3 aromatic rings. The SMILES string of the molecule is CC[C@@H](C)NC(=O)[C@@H](C)N(Cc1cccc(C)c1)C(=O)CN(c1cccc(OC)c1)S(=O)(=O)c1ccc(C)cc1. The molecule has 0 saturated heterocycles. The normalized spacial score (nSPS) is 12.8. The molecule has 0 bridgehead atoms. The number of carbonyl (C=O) groups is 2. The molecule has 0 aliphatic carbocycles. The number of nitrogens with one attached hydrogen (secondary N) is 1. The molecule has 0 radical (unpaired) electrons. The van der Waals surface area contributed by atoms with Crippen molar-refractivity contribution in [3.63, 3.8) is 0 Å². The Labute approximate surface area is 238 Å². The van der Waals surface area contributed by atoms with Crippen molar-refractivity contribution in [2.75, 3.05) is 18.0 Å². The van der Waals surface area contributed by atoms with Gasteiger partial charge in [0.15, 0.2) is 0 Å². The van der Waals surface area contributed by atoms with E-state index in [-0.39, 0.29) is 29.1 Å². The molecule has 0 aromatic heterocycles. The van der Waals surface area contributed by atoms with E-state index in [1.807, 2.05) is 52.0 Å². The van der Waals surface area contributed by atoms with E-state index in [2.05, 4.69) is 5.32 Å². The number of hydrogen-bond donors (Lipinski definition) is 1. The summed E-state index contributed by atoms with van der Waals surface area (Å²) in [4.78, 5) is 28.7. The molecule has 0 aliphatic heterocycles. The van der Waals surface area contributed by atoms with Gasteiger partial charge in [0.2, 0.25) is 11.8 Å². The summed E-state index contributed by atoms with van der Waals surface area (Å²) in [6.45, 7) is 8.99. The smallest absolute Gasteiger partial charge is 0.264 e. The van der Waals surface area contributed by atoms with Gasteiger partial charge in [0, 0.05) is 18.7 Å². The van der Waals surface area contributed by atoms with E-state index >= 15 is 0 Å². The van der Waals surface area contributed by atoms with Crippen molar-refractivity contribution in [1.29, 1.82) is 0 Å². The Morgan fingerprint density at radius 3 is 2.23 bits per heavy atom. The van der Waals surface area contributed by atoms with Crippen molar-refractivity contribution in [1.82, 2.24) is 10.2 Å². The minimum atomic E-state index is -4.14. The molecule has 1 N–H and O–H groups in total. The Hall–Kier alpha value is -3.85. The third-order valence-electron chi connectivity index (χ3n) is 6.83. The van der Waals surface area contributed by atoms with Crippen LogP contribution in [-0.2, 0) is 26.2 Å². The second-order valence-corrected chi connectivity index (χ2v) is 11.9. The quantitative estimate of drug-likeness (QED) is 0.339. The summed E-state index contributed by atoms with van der Waals surface area (Å²) >= 11 is 0. The van der Waals surface area contributed by atoms with Gasteiger partial charge in [0.05, 0.1) is 17.7 Å². The number of sulfonamides is 1. The predicted molar refractivity (Wildman–Crippen MR) is 158 cm³/mol. The molecular weight excluding hydrogens is 526 g/mol. The van der Waals surface area contributed by atoms with Gasteiger partial charge in [0.25, 0.3) is 10.0 Å². The minimum Gasteiger partial charge on any atom is -0.497 e. The number of ether oxygens (including phenoxy) is 1. The summed E-state index contributed by atoms with van der Waals surface area (Å²) in [7, 11) is -2.65. The molecule has 0 spiro atoms. The van der Waals surface area contributed by atoms with Gasteiger partial charge in [-0.05, 0) is 63.9 Å². The second-order valence-electron chi connectivity index (χ2n) is 10.0. The topological polar surface area (TPSA) is 96.0 Å². The summed E-state index contributed by atoms with van der Waals surface area (Å²) < 4.78 is 34.3. The average Bonchev–Trinajstić information content (AvgIpc) is 2.94. The number of aryl methyl sites for hydroxylation is 2. The van der Waals surface area contributed by atoms with Crippen LogP contribution in [0.3, 0.4) is 0 Å². The highest BCUT2D eigenvalue weighted by Gasteiger charge is 2.33. The maximum absolute atomic E-state index is 14.0. The van der Waals surface area contributed by atoms with Crippen LogP contribution in [0.1, 0.15) is 43.9 Å². The molecule has 2 amide bonds. The van der Waals surface area contributed by atoms with Crippen molar-refractivity contribution < 1.29 is 22.7 Å². The van der Waals surface area contributed by atoms with Gasteiger partial charge in [-0.3, -0.25) is 13.9 Å². The van der Waals surface area contributed by atoms with E-state index in [0.29, 0.717) is 5.75 Å². The maximum Gasteiger partial charge on any atom is 0.264 e. The lowest BCUT2D eigenvalue weighted by Gasteiger charge is -2.32. The molecule has 40 heavy (non-hydrogen) atoms. The first kappa shape index (κ1) is 30.7. The largest absolute Gasteiger partial charge is 0.497 e. The summed E-state index contributed by atoms with van der Waals surface area (Å²) in [6, 6.07) is 19.8. The molecule has 3 rings (SSSR count). The van der Waals surface area contributed by atoms with Crippen LogP contribution in [0.15, 0.2) is 77.7 Å². The number of benzene rings is 3. The number of carbonyl (C=O) groups excluding carboxylic acids is 2. The highest BCUT2D eigenvalue weighted by atomic mass is 32.2. The Morgan fingerprint density at radius 2 is 1.60 bits per heavy atom. The lowest BCUT2D eigenvalue weighted by Crippen LogP contribution is -2.52. The van der Waals surface area contributed by atoms with Crippen LogP contribution < -0.4 is 14.4 Å². The van der Waals surface area contributed by atoms with Gasteiger partial charge in [-0.25, -0.2) is 8.42 Å². The monoisotopic (exact) mass is 565 g/mol. The lowest BCUT2D eigenvalue weighted by atomic mass is 10.1. The highest BCUT2D eigenvalue weighted by molar-refractivity contribution is 7.92. The van der Waals surface area contributed by atoms with E-state index < -0.39 is 28.5 Å². The van der Waals surface area contributed by atoms with E-state index in [9.17, 15) is 18.0 Å². The summed E-state index contributed by atoms with van der Waals surface area (Å²) in [6.07, 6.45) is 0.739. The number of hydrogen-bond acceptors (Lipinski definition) is 5. The zero-order chi connectivity index (χ0) is 29.4. The van der Waals surface area contributed by atoms with Crippen molar-refractivity contribution in [3.8, 4) is 5.75 Å². The molecule has 3 aromatic carbocycles. The van der Waals surface area contributed by atoms with Crippen LogP contribution in [0.5, 0.6) is 5.75 Å². The van der Waals surface area contributed by atoms with Crippen molar-refractivity contribution in [3.05, 3.63) is 89.5 Å². The fraction of sp³-hybridized carbons (Fsp3) is 0.355. The molecule has 0 unspecified atom stereocenters. The van der Waals surface area contributed by atoms with Crippen LogP contribution >= 0.6 is 0 Å². The molecule has 8 nitrogen and oxygen atoms in total. The Balaban J connectivity index is 2.05. The zero-order valence-corrected chi connectivity index (χ0v) is 24.9. The Bertz CT molecular complexity index is 1420. The third kappa shape index (κ3) is 7.63. The highest BCUT2D eigenvalue weighted by Crippen LogP contribution is 2.28. The fourth-order valence-electron chi connectivity index (χ4n) is 4.19. The average molecular weight is 566 g/mol. The van der Waals surface area contributed by atoms with Crippen LogP contribution in [-0.4, -0.2) is 50.9 Å². The van der Waals surface area contributed by atoms with E-state index in [1.165, 1.54) is 24.1 Å². The Morgan fingerprint density at radius 1 is 0.925 bits per heavy atom. The first-order valence-corrected chi connectivity index (χ1v) is 14.8. The lowest BCUT2D eigenvalue weighted by molar-refractivity contribution is -0.139. The number of rotatable bonds is 12. The van der Waals surface area contributed by atoms with Crippen molar-refractivity contribution in [2.24, 2.45) is 0 Å². The second kappa shape index (κ2) is 13.5. The van der Waals surface area contributed by atoms with Gasteiger partial charge in [-0.1, -0.05) is 60.5 Å². The van der Waals surface area contributed by atoms with Gasteiger partial charge in [0.1, 0.15) is 18.3 Å². The maximum atomic E-state index is 14.0. The molecule has 0 fully saturated rings. The van der Waals surface area contributed by atoms with E-state index in [0.717, 1.165) is 27.4 Å². The van der Waals surface area contributed by atoms with Crippen LogP contribution in [0.25, 0.3) is 0 Å². The molecular formula is C31H39N3O5S. The van der Waals surface area contributed by atoms with Gasteiger partial charge >= 0.3 is 0 Å². The zero-order valence-electron chi connectivity index (χ0n) is 24.0. The number of amides is 2. The first-order chi connectivity index (χ1) is 19.0. The van der Waals surface area contributed by atoms with Crippen LogP contribution in [0.2, 0.25) is 0 Å². The molecule has 0 heterocycles. The molecule has 9 heteroatoms. The summed E-state index contributed by atoms with van der Waals surface area (Å²) in [5.41, 5.74) is 3.04. The predicted octanol–water partition coefficient (Wildman–Crippen LogP) is 4.84. The first-order valence-electron chi connectivity index (χ1n) is 13.3. The number of methoxy groups -OCH3 is 1. The molecule has 0 saturated carbocycles. The van der Waals surface area contributed by atoms with E-state index in [1.54, 1.807) is 43.3 Å². The molecule has 214 valence electrons. The summed E-state index contributed by atoms with van der Waals surface area (Å²) in [5, 5.41) is 2.94. The molecule has 0 aliphatic rings. The van der Waals surface area contributed by atoms with Crippen molar-refractivity contribution in [2.45, 2.75) is 64.6 Å². The Kier molecular flexibility index (Phi) is 10.3. The van der Waals surface area contributed by atoms with Gasteiger partial charge in [-0.15, -0.1) is 0 Å². The standard InChI is InChI=1S/C31H39N3O5S/c1-7-24(4)32-31(36)25(5)33(20-26-11-8-10-23(3)18-26)30(35)21-34(27-12-9-13-28(19-27)39-6)40(37,38)29-16-14-22(2)15-17-29/h8-19,24-25H,7,20-21H2,1-6H3,(H,32,36)/t24-,25-/m1/s1. The third-order valence-corrected chi connectivity index (χ3v) is 8.62. The number of nitrogens with zero attached hydrogens (tertiary/aromatic N) is 2. The van der Waals surface area contributed by atoms with E-state index in [4.69, 9.17) is 4.74 Å². The van der Waals surface area contributed by atoms with Crippen molar-refractivity contribution >= 4 is 27.5 Å². The van der Waals surface area contributed by atoms with Gasteiger partial charge in [-0.2, -0.15) is 0 Å². The van der Waals surface area contributed by atoms with Gasteiger partial charge < -0.3 is 15.0 Å². The molecule has 2 atom stereocenters. The number of anilines is 1. The van der Waals surface area contributed by atoms with Crippen LogP contribution in [0, 0.1) is 13.8 Å².